The van der Waals surface area contributed by atoms with E-state index in [4.69, 9.17) is 0 Å². The molecule has 0 radical (unpaired) electrons. The van der Waals surface area contributed by atoms with E-state index in [1.54, 1.807) is 11.1 Å². The fourth-order valence-electron chi connectivity index (χ4n) is 9.34. The molecule has 5 aromatic carbocycles. The third kappa shape index (κ3) is 4.90. The van der Waals surface area contributed by atoms with Crippen molar-refractivity contribution in [3.05, 3.63) is 130 Å². The van der Waals surface area contributed by atoms with Crippen molar-refractivity contribution in [1.82, 2.24) is 0 Å². The molecule has 0 amide bonds. The molecule has 0 fully saturated rings. The number of hydrogen-bond donors (Lipinski definition) is 0. The van der Waals surface area contributed by atoms with Crippen molar-refractivity contribution >= 4 is 51.5 Å². The van der Waals surface area contributed by atoms with Gasteiger partial charge in [-0.3, -0.25) is 0 Å². The lowest BCUT2D eigenvalue weighted by Crippen LogP contribution is -2.62. The quantitative estimate of drug-likeness (QED) is 0.174. The fraction of sp³-hybridized carbons (Fsp3) is 0.348. The molecule has 1 atom stereocenters. The maximum Gasteiger partial charge on any atom is 0.252 e. The molecule has 2 nitrogen and oxygen atoms in total. The van der Waals surface area contributed by atoms with E-state index in [1.807, 2.05) is 0 Å². The summed E-state index contributed by atoms with van der Waals surface area (Å²) in [5.41, 5.74) is 20.1. The zero-order chi connectivity index (χ0) is 33.7. The van der Waals surface area contributed by atoms with Gasteiger partial charge in [0.1, 0.15) is 0 Å². The summed E-state index contributed by atoms with van der Waals surface area (Å²) < 4.78 is 0. The number of rotatable bonds is 2. The molecule has 4 aliphatic rings. The molecule has 0 N–H and O–H groups in total. The molecule has 2 aliphatic heterocycles. The first-order valence-corrected chi connectivity index (χ1v) is 18.8. The van der Waals surface area contributed by atoms with Gasteiger partial charge in [0, 0.05) is 28.4 Å². The van der Waals surface area contributed by atoms with E-state index in [9.17, 15) is 0 Å². The Morgan fingerprint density at radius 1 is 0.551 bits per heavy atom. The van der Waals surface area contributed by atoms with Gasteiger partial charge in [0.25, 0.3) is 6.71 Å². The largest absolute Gasteiger partial charge is 0.335 e. The second kappa shape index (κ2) is 11.1. The van der Waals surface area contributed by atoms with Crippen LogP contribution in [0.5, 0.6) is 0 Å². The standard InChI is InChI=1S/C46H49BN2/c1-45(2,3)33-23-24-37-41(27-33)49(39-22-14-18-30-15-12-13-21-36(30)39)43-29-34(46(4,5)6)28-42-44(43)47(37)38-25-31-16-10-11-17-32(31)26-40(38)48(42)35-19-8-7-9-20-35/h7-9,12-13,15,19-21,23-29,39H,10-11,14,16-18,22H2,1-6H3. The maximum atomic E-state index is 2.81. The normalized spacial score (nSPS) is 17.9. The van der Waals surface area contributed by atoms with Crippen LogP contribution in [-0.4, -0.2) is 6.71 Å². The molecule has 0 saturated carbocycles. The number of nitrogens with zero attached hydrogens (tertiary/aromatic N) is 2. The molecule has 9 rings (SSSR count). The molecule has 49 heavy (non-hydrogen) atoms. The second-order valence-corrected chi connectivity index (χ2v) is 17.2. The zero-order valence-corrected chi connectivity index (χ0v) is 30.2. The van der Waals surface area contributed by atoms with Crippen LogP contribution in [0.25, 0.3) is 0 Å². The highest BCUT2D eigenvalue weighted by molar-refractivity contribution is 7.00. The molecule has 2 aliphatic carbocycles. The minimum Gasteiger partial charge on any atom is -0.335 e. The summed E-state index contributed by atoms with van der Waals surface area (Å²) in [6, 6.07) is 38.6. The second-order valence-electron chi connectivity index (χ2n) is 17.2. The van der Waals surface area contributed by atoms with E-state index in [1.165, 1.54) is 106 Å². The maximum absolute atomic E-state index is 2.81. The van der Waals surface area contributed by atoms with Crippen molar-refractivity contribution in [3.63, 3.8) is 0 Å². The first kappa shape index (κ1) is 30.8. The summed E-state index contributed by atoms with van der Waals surface area (Å²) in [6.07, 6.45) is 8.46. The highest BCUT2D eigenvalue weighted by atomic mass is 15.2. The van der Waals surface area contributed by atoms with Crippen LogP contribution in [0.15, 0.2) is 97.1 Å². The van der Waals surface area contributed by atoms with Crippen molar-refractivity contribution in [1.29, 1.82) is 0 Å². The zero-order valence-electron chi connectivity index (χ0n) is 30.2. The Kier molecular flexibility index (Phi) is 7.00. The molecule has 2 heterocycles. The lowest BCUT2D eigenvalue weighted by atomic mass is 9.33. The molecule has 0 bridgehead atoms. The van der Waals surface area contributed by atoms with E-state index in [-0.39, 0.29) is 23.6 Å². The van der Waals surface area contributed by atoms with Crippen molar-refractivity contribution < 1.29 is 0 Å². The molecular weight excluding hydrogens is 591 g/mol. The van der Waals surface area contributed by atoms with E-state index in [0.717, 1.165) is 6.42 Å². The lowest BCUT2D eigenvalue weighted by molar-refractivity contribution is 0.556. The summed E-state index contributed by atoms with van der Waals surface area (Å²) in [5, 5.41) is 0. The van der Waals surface area contributed by atoms with E-state index in [2.05, 4.69) is 148 Å². The van der Waals surface area contributed by atoms with Crippen LogP contribution in [0.1, 0.15) is 107 Å². The molecular formula is C46H49BN2. The van der Waals surface area contributed by atoms with Gasteiger partial charge in [0.2, 0.25) is 0 Å². The van der Waals surface area contributed by atoms with E-state index < -0.39 is 0 Å². The Morgan fingerprint density at radius 2 is 1.20 bits per heavy atom. The van der Waals surface area contributed by atoms with Crippen molar-refractivity contribution in [2.45, 2.75) is 103 Å². The Morgan fingerprint density at radius 3 is 1.96 bits per heavy atom. The average molecular weight is 641 g/mol. The van der Waals surface area contributed by atoms with Gasteiger partial charge in [-0.25, -0.2) is 0 Å². The number of hydrogen-bond acceptors (Lipinski definition) is 2. The predicted octanol–water partition coefficient (Wildman–Crippen LogP) is 9.99. The highest BCUT2D eigenvalue weighted by Gasteiger charge is 2.46. The summed E-state index contributed by atoms with van der Waals surface area (Å²) in [5.74, 6) is 0. The van der Waals surface area contributed by atoms with Crippen LogP contribution in [0.4, 0.5) is 28.4 Å². The molecule has 1 unspecified atom stereocenters. The Hall–Kier alpha value is -4.24. The SMILES string of the molecule is CC(C)(C)c1ccc2c(c1)N(C1CCCc3ccccc31)c1cc(C(C)(C)C)cc3c1B2c1cc2c(cc1N3c1ccccc1)CCCC2. The van der Waals surface area contributed by atoms with Gasteiger partial charge < -0.3 is 9.80 Å². The summed E-state index contributed by atoms with van der Waals surface area (Å²) in [7, 11) is 0. The monoisotopic (exact) mass is 640 g/mol. The van der Waals surface area contributed by atoms with Gasteiger partial charge in [-0.15, -0.1) is 0 Å². The van der Waals surface area contributed by atoms with Crippen LogP contribution >= 0.6 is 0 Å². The third-order valence-corrected chi connectivity index (χ3v) is 12.0. The van der Waals surface area contributed by atoms with Crippen LogP contribution in [0, 0.1) is 0 Å². The minimum atomic E-state index is -0.0107. The van der Waals surface area contributed by atoms with Gasteiger partial charge in [0.05, 0.1) is 6.04 Å². The van der Waals surface area contributed by atoms with E-state index in [0.29, 0.717) is 0 Å². The summed E-state index contributed by atoms with van der Waals surface area (Å²) >= 11 is 0. The number of benzene rings is 5. The smallest absolute Gasteiger partial charge is 0.252 e. The first-order valence-electron chi connectivity index (χ1n) is 18.8. The topological polar surface area (TPSA) is 6.48 Å². The summed E-state index contributed by atoms with van der Waals surface area (Å²) in [6.45, 7) is 14.4. The lowest BCUT2D eigenvalue weighted by Gasteiger charge is -2.48. The van der Waals surface area contributed by atoms with E-state index >= 15 is 0 Å². The van der Waals surface area contributed by atoms with Crippen LogP contribution in [0.2, 0.25) is 0 Å². The highest BCUT2D eigenvalue weighted by Crippen LogP contribution is 2.49. The molecule has 5 aromatic rings. The number of para-hydroxylation sites is 1. The summed E-state index contributed by atoms with van der Waals surface area (Å²) in [4.78, 5) is 5.43. The van der Waals surface area contributed by atoms with Crippen molar-refractivity contribution in [2.75, 3.05) is 9.80 Å². The van der Waals surface area contributed by atoms with Crippen LogP contribution in [0.3, 0.4) is 0 Å². The molecule has 246 valence electrons. The van der Waals surface area contributed by atoms with Crippen molar-refractivity contribution in [2.24, 2.45) is 0 Å². The average Bonchev–Trinajstić information content (AvgIpc) is 3.09. The number of fused-ring (bicyclic) bond motifs is 6. The Bertz CT molecular complexity index is 2100. The van der Waals surface area contributed by atoms with Gasteiger partial charge in [-0.1, -0.05) is 102 Å². The third-order valence-electron chi connectivity index (χ3n) is 12.0. The van der Waals surface area contributed by atoms with Gasteiger partial charge >= 0.3 is 0 Å². The Balaban J connectivity index is 1.41. The van der Waals surface area contributed by atoms with Gasteiger partial charge in [0.15, 0.2) is 0 Å². The van der Waals surface area contributed by atoms with Crippen LogP contribution < -0.4 is 26.2 Å². The number of anilines is 5. The fourth-order valence-corrected chi connectivity index (χ4v) is 9.34. The van der Waals surface area contributed by atoms with Gasteiger partial charge in [-0.2, -0.15) is 0 Å². The first-order chi connectivity index (χ1) is 23.6. The van der Waals surface area contributed by atoms with Gasteiger partial charge in [-0.05, 0) is 142 Å². The minimum absolute atomic E-state index is 0.0107. The van der Waals surface area contributed by atoms with Crippen LogP contribution in [-0.2, 0) is 30.1 Å². The predicted molar refractivity (Wildman–Crippen MR) is 211 cm³/mol. The van der Waals surface area contributed by atoms with Crippen molar-refractivity contribution in [3.8, 4) is 0 Å². The molecule has 3 heteroatoms. The Labute approximate surface area is 294 Å². The molecule has 0 spiro atoms. The molecule has 0 aromatic heterocycles. The number of aryl methyl sites for hydroxylation is 3. The molecule has 0 saturated heterocycles.